The summed E-state index contributed by atoms with van der Waals surface area (Å²) in [6.45, 7) is 5.47. The molecule has 0 aliphatic carbocycles. The first-order chi connectivity index (χ1) is 9.42. The maximum Gasteiger partial charge on any atom is 0.413 e. The van der Waals surface area contributed by atoms with E-state index in [-0.39, 0.29) is 13.2 Å². The third-order valence-electron chi connectivity index (χ3n) is 2.85. The van der Waals surface area contributed by atoms with Crippen molar-refractivity contribution in [1.82, 2.24) is 9.88 Å². The van der Waals surface area contributed by atoms with E-state index in [9.17, 15) is 9.90 Å². The van der Waals surface area contributed by atoms with Gasteiger partial charge in [-0.3, -0.25) is 9.88 Å². The number of rotatable bonds is 2. The Morgan fingerprint density at radius 1 is 1.55 bits per heavy atom. The van der Waals surface area contributed by atoms with Gasteiger partial charge in [0.2, 0.25) is 0 Å². The van der Waals surface area contributed by atoms with Crippen molar-refractivity contribution in [3.8, 4) is 0 Å². The van der Waals surface area contributed by atoms with Gasteiger partial charge in [0.05, 0.1) is 24.9 Å². The molecule has 2 atom stereocenters. The van der Waals surface area contributed by atoms with Gasteiger partial charge in [-0.2, -0.15) is 0 Å². The summed E-state index contributed by atoms with van der Waals surface area (Å²) in [5.74, 6) is 0. The van der Waals surface area contributed by atoms with Crippen LogP contribution in [0.15, 0.2) is 24.4 Å². The van der Waals surface area contributed by atoms with E-state index < -0.39 is 24.0 Å². The predicted molar refractivity (Wildman–Crippen MR) is 71.9 cm³/mol. The molecule has 110 valence electrons. The third-order valence-corrected chi connectivity index (χ3v) is 2.85. The molecule has 0 radical (unpaired) electrons. The van der Waals surface area contributed by atoms with Crippen molar-refractivity contribution in [3.05, 3.63) is 30.1 Å². The maximum absolute atomic E-state index is 12.3. The van der Waals surface area contributed by atoms with Crippen LogP contribution in [0.5, 0.6) is 0 Å². The number of aromatic nitrogens is 1. The second kappa shape index (κ2) is 5.76. The second-order valence-corrected chi connectivity index (χ2v) is 5.66. The largest absolute Gasteiger partial charge is 0.444 e. The normalized spacial score (nSPS) is 22.9. The fourth-order valence-electron chi connectivity index (χ4n) is 2.00. The molecule has 2 heterocycles. The lowest BCUT2D eigenvalue weighted by Crippen LogP contribution is -2.43. The lowest BCUT2D eigenvalue weighted by atomic mass is 10.2. The number of hydrogen-bond acceptors (Lipinski definition) is 5. The number of carbonyl (C=O) groups excluding carboxylic acids is 1. The number of nitrogens with zero attached hydrogens (tertiary/aromatic N) is 2. The van der Waals surface area contributed by atoms with Gasteiger partial charge < -0.3 is 14.6 Å². The van der Waals surface area contributed by atoms with Gasteiger partial charge in [-0.15, -0.1) is 0 Å². The van der Waals surface area contributed by atoms with Gasteiger partial charge in [0.15, 0.2) is 6.23 Å². The molecule has 20 heavy (non-hydrogen) atoms. The Morgan fingerprint density at radius 3 is 2.85 bits per heavy atom. The van der Waals surface area contributed by atoms with E-state index in [1.165, 1.54) is 4.90 Å². The Hall–Kier alpha value is -1.66. The van der Waals surface area contributed by atoms with Crippen LogP contribution >= 0.6 is 0 Å². The molecule has 1 aromatic heterocycles. The first kappa shape index (κ1) is 14.7. The van der Waals surface area contributed by atoms with Crippen LogP contribution in [0.4, 0.5) is 4.79 Å². The summed E-state index contributed by atoms with van der Waals surface area (Å²) < 4.78 is 11.0. The van der Waals surface area contributed by atoms with Gasteiger partial charge in [-0.25, -0.2) is 4.79 Å². The highest BCUT2D eigenvalue weighted by atomic mass is 16.6. The van der Waals surface area contributed by atoms with Gasteiger partial charge in [0, 0.05) is 6.20 Å². The van der Waals surface area contributed by atoms with E-state index in [4.69, 9.17) is 9.47 Å². The molecular formula is C14H20N2O4. The van der Waals surface area contributed by atoms with E-state index in [1.54, 1.807) is 39.1 Å². The summed E-state index contributed by atoms with van der Waals surface area (Å²) in [4.78, 5) is 17.9. The Balaban J connectivity index is 2.22. The average molecular weight is 280 g/mol. The number of hydrogen-bond donors (Lipinski definition) is 1. The standard InChI is InChI=1S/C14H20N2O4/c1-14(2,3)20-13(18)16-10(8-17)9-19-12(16)11-6-4-5-7-15-11/h4-7,10,12,17H,8-9H2,1-3H3. The number of ether oxygens (including phenoxy) is 2. The van der Waals surface area contributed by atoms with Crippen LogP contribution in [-0.4, -0.2) is 45.9 Å². The Bertz CT molecular complexity index is 458. The van der Waals surface area contributed by atoms with Crippen molar-refractivity contribution in [2.75, 3.05) is 13.2 Å². The average Bonchev–Trinajstić information content (AvgIpc) is 2.81. The highest BCUT2D eigenvalue weighted by molar-refractivity contribution is 5.69. The second-order valence-electron chi connectivity index (χ2n) is 5.66. The van der Waals surface area contributed by atoms with Crippen LogP contribution in [-0.2, 0) is 9.47 Å². The number of aliphatic hydroxyl groups excluding tert-OH is 1. The summed E-state index contributed by atoms with van der Waals surface area (Å²) >= 11 is 0. The highest BCUT2D eigenvalue weighted by Gasteiger charge is 2.41. The van der Waals surface area contributed by atoms with Crippen LogP contribution in [0.25, 0.3) is 0 Å². The minimum absolute atomic E-state index is 0.178. The zero-order valence-corrected chi connectivity index (χ0v) is 11.9. The molecule has 0 bridgehead atoms. The van der Waals surface area contributed by atoms with Crippen molar-refractivity contribution < 1.29 is 19.4 Å². The predicted octanol–water partition coefficient (Wildman–Crippen LogP) is 1.71. The van der Waals surface area contributed by atoms with E-state index in [2.05, 4.69) is 4.98 Å². The number of pyridine rings is 1. The lowest BCUT2D eigenvalue weighted by Gasteiger charge is -2.30. The summed E-state index contributed by atoms with van der Waals surface area (Å²) in [7, 11) is 0. The summed E-state index contributed by atoms with van der Waals surface area (Å²) in [6.07, 6.45) is 0.506. The van der Waals surface area contributed by atoms with Crippen LogP contribution in [0.2, 0.25) is 0 Å². The molecule has 1 amide bonds. The zero-order valence-electron chi connectivity index (χ0n) is 11.9. The van der Waals surface area contributed by atoms with Gasteiger partial charge in [0.1, 0.15) is 5.60 Å². The fourth-order valence-corrected chi connectivity index (χ4v) is 2.00. The minimum Gasteiger partial charge on any atom is -0.444 e. The molecule has 1 aromatic rings. The quantitative estimate of drug-likeness (QED) is 0.893. The fraction of sp³-hybridized carbons (Fsp3) is 0.571. The highest BCUT2D eigenvalue weighted by Crippen LogP contribution is 2.30. The SMILES string of the molecule is CC(C)(C)OC(=O)N1C(CO)COC1c1ccccn1. The van der Waals surface area contributed by atoms with Crippen LogP contribution in [0, 0.1) is 0 Å². The van der Waals surface area contributed by atoms with Gasteiger partial charge in [-0.1, -0.05) is 6.07 Å². The molecule has 1 N–H and O–H groups in total. The van der Waals surface area contributed by atoms with Crippen LogP contribution < -0.4 is 0 Å². The van der Waals surface area contributed by atoms with Crippen molar-refractivity contribution in [1.29, 1.82) is 0 Å². The third kappa shape index (κ3) is 3.26. The van der Waals surface area contributed by atoms with Crippen molar-refractivity contribution >= 4 is 6.09 Å². The Labute approximate surface area is 118 Å². The van der Waals surface area contributed by atoms with Crippen LogP contribution in [0.1, 0.15) is 32.7 Å². The van der Waals surface area contributed by atoms with Crippen molar-refractivity contribution in [2.24, 2.45) is 0 Å². The van der Waals surface area contributed by atoms with E-state index >= 15 is 0 Å². The molecule has 2 unspecified atom stereocenters. The molecule has 1 fully saturated rings. The molecular weight excluding hydrogens is 260 g/mol. The summed E-state index contributed by atoms with van der Waals surface area (Å²) in [6, 6.07) is 4.98. The monoisotopic (exact) mass is 280 g/mol. The molecule has 0 aromatic carbocycles. The smallest absolute Gasteiger partial charge is 0.413 e. The maximum atomic E-state index is 12.3. The lowest BCUT2D eigenvalue weighted by molar-refractivity contribution is -0.0181. The van der Waals surface area contributed by atoms with Crippen LogP contribution in [0.3, 0.4) is 0 Å². The molecule has 1 saturated heterocycles. The zero-order chi connectivity index (χ0) is 14.8. The van der Waals surface area contributed by atoms with Gasteiger partial charge in [0.25, 0.3) is 0 Å². The first-order valence-corrected chi connectivity index (χ1v) is 6.57. The van der Waals surface area contributed by atoms with Gasteiger partial charge in [-0.05, 0) is 32.9 Å². The summed E-state index contributed by atoms with van der Waals surface area (Å²) in [5, 5.41) is 9.40. The van der Waals surface area contributed by atoms with Crippen molar-refractivity contribution in [3.63, 3.8) is 0 Å². The summed E-state index contributed by atoms with van der Waals surface area (Å²) in [5.41, 5.74) is 0.0169. The van der Waals surface area contributed by atoms with E-state index in [0.717, 1.165) is 0 Å². The first-order valence-electron chi connectivity index (χ1n) is 6.57. The van der Waals surface area contributed by atoms with E-state index in [1.807, 2.05) is 6.07 Å². The minimum atomic E-state index is -0.622. The molecule has 0 spiro atoms. The number of aliphatic hydroxyl groups is 1. The molecule has 1 aliphatic rings. The van der Waals surface area contributed by atoms with Crippen molar-refractivity contribution in [2.45, 2.75) is 38.6 Å². The number of carbonyl (C=O) groups is 1. The van der Waals surface area contributed by atoms with E-state index in [0.29, 0.717) is 5.69 Å². The Morgan fingerprint density at radius 2 is 2.30 bits per heavy atom. The Kier molecular flexibility index (Phi) is 4.25. The molecule has 1 aliphatic heterocycles. The molecule has 0 saturated carbocycles. The molecule has 6 heteroatoms. The van der Waals surface area contributed by atoms with Gasteiger partial charge >= 0.3 is 6.09 Å². The topological polar surface area (TPSA) is 71.9 Å². The number of amides is 1. The molecule has 6 nitrogen and oxygen atoms in total. The molecule has 2 rings (SSSR count).